The summed E-state index contributed by atoms with van der Waals surface area (Å²) in [5.74, 6) is 0. The van der Waals surface area contributed by atoms with E-state index in [2.05, 4.69) is 10.4 Å². The van der Waals surface area contributed by atoms with Crippen LogP contribution in [0.3, 0.4) is 0 Å². The van der Waals surface area contributed by atoms with E-state index in [4.69, 9.17) is 10.8 Å². The molecule has 2 rings (SSSR count). The number of nitrogens with one attached hydrogen (secondary N) is 1. The highest BCUT2D eigenvalue weighted by Crippen LogP contribution is 2.27. The Morgan fingerprint density at radius 2 is 2.16 bits per heavy atom. The number of carboxylic acid groups (broad SMARTS) is 1. The molecule has 19 heavy (non-hydrogen) atoms. The summed E-state index contributed by atoms with van der Waals surface area (Å²) in [6.07, 6.45) is 2.51. The van der Waals surface area contributed by atoms with Crippen LogP contribution >= 0.6 is 0 Å². The van der Waals surface area contributed by atoms with E-state index in [0.29, 0.717) is 12.1 Å². The van der Waals surface area contributed by atoms with Crippen molar-refractivity contribution < 1.29 is 9.90 Å². The van der Waals surface area contributed by atoms with Crippen molar-refractivity contribution in [3.8, 4) is 0 Å². The van der Waals surface area contributed by atoms with Crippen LogP contribution in [0.5, 0.6) is 0 Å². The first-order valence-corrected chi connectivity index (χ1v) is 5.96. The van der Waals surface area contributed by atoms with E-state index in [0.717, 1.165) is 5.56 Å². The molecule has 0 bridgehead atoms. The Labute approximate surface area is 110 Å². The fourth-order valence-electron chi connectivity index (χ4n) is 2.15. The van der Waals surface area contributed by atoms with E-state index in [-0.39, 0.29) is 0 Å². The lowest BCUT2D eigenvalue weighted by atomic mass is 9.96. The molecule has 2 aromatic rings. The third-order valence-electron chi connectivity index (χ3n) is 3.07. The van der Waals surface area contributed by atoms with Crippen LogP contribution in [0.4, 0.5) is 10.5 Å². The van der Waals surface area contributed by atoms with Gasteiger partial charge in [-0.15, -0.1) is 0 Å². The van der Waals surface area contributed by atoms with Crippen molar-refractivity contribution in [3.63, 3.8) is 0 Å². The number of hydrogen-bond acceptors (Lipinski definition) is 3. The smallest absolute Gasteiger partial charge is 0.406 e. The number of nitrogens with two attached hydrogens (primary N) is 1. The first-order chi connectivity index (χ1) is 9.08. The van der Waals surface area contributed by atoms with Crippen molar-refractivity contribution in [3.05, 3.63) is 48.3 Å². The van der Waals surface area contributed by atoms with Gasteiger partial charge in [0.05, 0.1) is 18.1 Å². The van der Waals surface area contributed by atoms with Crippen LogP contribution in [0, 0.1) is 0 Å². The Morgan fingerprint density at radius 1 is 1.47 bits per heavy atom. The lowest BCUT2D eigenvalue weighted by molar-refractivity contribution is 0.161. The molecule has 0 fully saturated rings. The molecule has 4 N–H and O–H groups in total. The topological polar surface area (TPSA) is 93.2 Å². The zero-order valence-electron chi connectivity index (χ0n) is 10.6. The van der Waals surface area contributed by atoms with Gasteiger partial charge in [0.2, 0.25) is 0 Å². The molecule has 1 unspecified atom stereocenters. The summed E-state index contributed by atoms with van der Waals surface area (Å²) < 4.78 is 1.55. The molecule has 1 heterocycles. The highest BCUT2D eigenvalue weighted by atomic mass is 16.4. The average Bonchev–Trinajstić information content (AvgIpc) is 2.84. The highest BCUT2D eigenvalue weighted by Gasteiger charge is 2.35. The number of amides is 1. The molecule has 0 aliphatic heterocycles. The average molecular weight is 260 g/mol. The predicted octanol–water partition coefficient (Wildman–Crippen LogP) is 1.84. The first kappa shape index (κ1) is 12.9. The van der Waals surface area contributed by atoms with E-state index >= 15 is 0 Å². The SMILES string of the molecule is CCC(NC(=O)O)(c1ccccc1)n1cc(N)cn1. The minimum atomic E-state index is -1.11. The third-order valence-corrected chi connectivity index (χ3v) is 3.07. The molecule has 1 atom stereocenters. The van der Waals surface area contributed by atoms with Gasteiger partial charge in [-0.25, -0.2) is 9.48 Å². The van der Waals surface area contributed by atoms with E-state index < -0.39 is 11.8 Å². The van der Waals surface area contributed by atoms with Crippen LogP contribution in [0.15, 0.2) is 42.7 Å². The molecule has 0 aliphatic rings. The van der Waals surface area contributed by atoms with Gasteiger partial charge in [0.25, 0.3) is 0 Å². The minimum Gasteiger partial charge on any atom is -0.465 e. The molecule has 1 aromatic carbocycles. The Kier molecular flexibility index (Phi) is 3.41. The summed E-state index contributed by atoms with van der Waals surface area (Å²) in [5.41, 5.74) is 6.02. The van der Waals surface area contributed by atoms with E-state index in [9.17, 15) is 4.79 Å². The number of nitrogen functional groups attached to an aromatic ring is 1. The van der Waals surface area contributed by atoms with Crippen LogP contribution in [0.1, 0.15) is 18.9 Å². The molecular weight excluding hydrogens is 244 g/mol. The number of hydrogen-bond donors (Lipinski definition) is 3. The quantitative estimate of drug-likeness (QED) is 0.782. The molecule has 1 amide bonds. The molecule has 0 saturated carbocycles. The van der Waals surface area contributed by atoms with Gasteiger partial charge in [0.15, 0.2) is 5.66 Å². The Hall–Kier alpha value is -2.50. The molecule has 1 aromatic heterocycles. The van der Waals surface area contributed by atoms with E-state index in [1.165, 1.54) is 6.20 Å². The molecule has 100 valence electrons. The van der Waals surface area contributed by atoms with Gasteiger partial charge in [-0.3, -0.25) is 5.32 Å². The normalized spacial score (nSPS) is 13.7. The van der Waals surface area contributed by atoms with Crippen molar-refractivity contribution in [1.82, 2.24) is 15.1 Å². The Bertz CT molecular complexity index is 567. The van der Waals surface area contributed by atoms with Crippen LogP contribution < -0.4 is 11.1 Å². The van der Waals surface area contributed by atoms with Crippen LogP contribution in [0.2, 0.25) is 0 Å². The molecule has 0 spiro atoms. The van der Waals surface area contributed by atoms with Crippen LogP contribution in [-0.2, 0) is 5.66 Å². The summed E-state index contributed by atoms with van der Waals surface area (Å²) in [6, 6.07) is 9.31. The van der Waals surface area contributed by atoms with Crippen LogP contribution in [-0.4, -0.2) is 21.0 Å². The molecule has 0 radical (unpaired) electrons. The van der Waals surface area contributed by atoms with Crippen LogP contribution in [0.25, 0.3) is 0 Å². The molecule has 6 nitrogen and oxygen atoms in total. The predicted molar refractivity (Wildman–Crippen MR) is 71.6 cm³/mol. The Balaban J connectivity index is 2.57. The van der Waals surface area contributed by atoms with Gasteiger partial charge in [-0.05, 0) is 12.0 Å². The second-order valence-corrected chi connectivity index (χ2v) is 4.23. The second kappa shape index (κ2) is 5.01. The molecular formula is C13H16N4O2. The largest absolute Gasteiger partial charge is 0.465 e. The fraction of sp³-hybridized carbons (Fsp3) is 0.231. The molecule has 0 saturated heterocycles. The lowest BCUT2D eigenvalue weighted by Gasteiger charge is -2.33. The second-order valence-electron chi connectivity index (χ2n) is 4.23. The number of nitrogens with zero attached hydrogens (tertiary/aromatic N) is 2. The number of benzene rings is 1. The maximum atomic E-state index is 11.1. The highest BCUT2D eigenvalue weighted by molar-refractivity contribution is 5.66. The minimum absolute atomic E-state index is 0.487. The number of carbonyl (C=O) groups is 1. The standard InChI is InChI=1S/C13H16N4O2/c1-2-13(16-12(18)19,10-6-4-3-5-7-10)17-9-11(14)8-15-17/h3-9,16H,2,14H2,1H3,(H,18,19). The molecule has 0 aliphatic carbocycles. The fourth-order valence-corrected chi connectivity index (χ4v) is 2.15. The van der Waals surface area contributed by atoms with Crippen molar-refractivity contribution in [2.45, 2.75) is 19.0 Å². The van der Waals surface area contributed by atoms with Crippen molar-refractivity contribution >= 4 is 11.8 Å². The van der Waals surface area contributed by atoms with Crippen molar-refractivity contribution in [2.75, 3.05) is 5.73 Å². The Morgan fingerprint density at radius 3 is 2.63 bits per heavy atom. The summed E-state index contributed by atoms with van der Waals surface area (Å²) in [7, 11) is 0. The van der Waals surface area contributed by atoms with E-state index in [1.807, 2.05) is 37.3 Å². The van der Waals surface area contributed by atoms with Gasteiger partial charge < -0.3 is 10.8 Å². The first-order valence-electron chi connectivity index (χ1n) is 5.96. The zero-order chi connectivity index (χ0) is 13.9. The lowest BCUT2D eigenvalue weighted by Crippen LogP contribution is -2.50. The molecule has 6 heteroatoms. The van der Waals surface area contributed by atoms with Gasteiger partial charge in [-0.1, -0.05) is 37.3 Å². The summed E-state index contributed by atoms with van der Waals surface area (Å²) in [4.78, 5) is 11.1. The zero-order valence-corrected chi connectivity index (χ0v) is 10.6. The summed E-state index contributed by atoms with van der Waals surface area (Å²) >= 11 is 0. The van der Waals surface area contributed by atoms with Gasteiger partial charge in [0, 0.05) is 0 Å². The van der Waals surface area contributed by atoms with Crippen molar-refractivity contribution in [1.29, 1.82) is 0 Å². The summed E-state index contributed by atoms with van der Waals surface area (Å²) in [6.45, 7) is 1.89. The summed E-state index contributed by atoms with van der Waals surface area (Å²) in [5, 5.41) is 15.8. The maximum Gasteiger partial charge on any atom is 0.406 e. The van der Waals surface area contributed by atoms with Gasteiger partial charge in [-0.2, -0.15) is 5.10 Å². The van der Waals surface area contributed by atoms with Gasteiger partial charge in [0.1, 0.15) is 0 Å². The third kappa shape index (κ3) is 2.37. The number of anilines is 1. The maximum absolute atomic E-state index is 11.1. The van der Waals surface area contributed by atoms with E-state index in [1.54, 1.807) is 10.9 Å². The number of aromatic nitrogens is 2. The monoisotopic (exact) mass is 260 g/mol. The van der Waals surface area contributed by atoms with Crippen molar-refractivity contribution in [2.24, 2.45) is 0 Å². The number of rotatable bonds is 4. The van der Waals surface area contributed by atoms with Gasteiger partial charge >= 0.3 is 6.09 Å².